The highest BCUT2D eigenvalue weighted by atomic mass is 14.9. The molecule has 0 aromatic rings. The lowest BCUT2D eigenvalue weighted by atomic mass is 9.67. The van der Waals surface area contributed by atoms with Crippen LogP contribution in [0.4, 0.5) is 0 Å². The Hall–Kier alpha value is -0.300. The molecular formula is C14H29N. The van der Waals surface area contributed by atoms with Gasteiger partial charge in [-0.1, -0.05) is 46.8 Å². The van der Waals surface area contributed by atoms with Crippen molar-refractivity contribution in [1.82, 2.24) is 5.32 Å². The molecule has 0 aromatic carbocycles. The van der Waals surface area contributed by atoms with Gasteiger partial charge in [-0.15, -0.1) is 0 Å². The second-order valence-corrected chi connectivity index (χ2v) is 6.79. The van der Waals surface area contributed by atoms with Crippen LogP contribution >= 0.6 is 0 Å². The molecule has 1 nitrogen and oxygen atoms in total. The normalized spacial score (nSPS) is 14.1. The molecule has 90 valence electrons. The van der Waals surface area contributed by atoms with Crippen LogP contribution in [0.15, 0.2) is 12.2 Å². The van der Waals surface area contributed by atoms with Gasteiger partial charge in [0.25, 0.3) is 0 Å². The third-order valence-electron chi connectivity index (χ3n) is 4.03. The average molecular weight is 211 g/mol. The molecule has 15 heavy (non-hydrogen) atoms. The monoisotopic (exact) mass is 211 g/mol. The minimum Gasteiger partial charge on any atom is -0.314 e. The van der Waals surface area contributed by atoms with Crippen LogP contribution < -0.4 is 5.32 Å². The maximum atomic E-state index is 4.23. The summed E-state index contributed by atoms with van der Waals surface area (Å²) in [6, 6.07) is 0. The molecule has 0 heterocycles. The van der Waals surface area contributed by atoms with E-state index in [1.807, 2.05) is 7.05 Å². The summed E-state index contributed by atoms with van der Waals surface area (Å²) < 4.78 is 0. The van der Waals surface area contributed by atoms with E-state index in [-0.39, 0.29) is 16.4 Å². The molecule has 0 saturated carbocycles. The van der Waals surface area contributed by atoms with Gasteiger partial charge in [0.05, 0.1) is 0 Å². The molecule has 0 bridgehead atoms. The molecule has 0 spiro atoms. The van der Waals surface area contributed by atoms with E-state index < -0.39 is 0 Å². The highest BCUT2D eigenvalue weighted by Gasteiger charge is 2.37. The van der Waals surface area contributed by atoms with Gasteiger partial charge in [0.1, 0.15) is 0 Å². The summed E-state index contributed by atoms with van der Waals surface area (Å²) in [5, 5.41) is 3.40. The first kappa shape index (κ1) is 14.7. The van der Waals surface area contributed by atoms with Crippen LogP contribution in [0, 0.1) is 10.8 Å². The van der Waals surface area contributed by atoms with Crippen molar-refractivity contribution >= 4 is 0 Å². The smallest absolute Gasteiger partial charge is 0.0176 e. The molecule has 1 heteroatoms. The highest BCUT2D eigenvalue weighted by molar-refractivity contribution is 5.11. The van der Waals surface area contributed by atoms with Gasteiger partial charge < -0.3 is 5.32 Å². The summed E-state index contributed by atoms with van der Waals surface area (Å²) in [6.45, 7) is 20.1. The summed E-state index contributed by atoms with van der Waals surface area (Å²) in [7, 11) is 2.03. The fraction of sp³-hybridized carbons (Fsp3) is 0.857. The van der Waals surface area contributed by atoms with Crippen molar-refractivity contribution in [2.45, 2.75) is 60.4 Å². The van der Waals surface area contributed by atoms with Crippen molar-refractivity contribution in [3.05, 3.63) is 12.2 Å². The third kappa shape index (κ3) is 3.64. The Morgan fingerprint density at radius 1 is 1.00 bits per heavy atom. The van der Waals surface area contributed by atoms with E-state index >= 15 is 0 Å². The van der Waals surface area contributed by atoms with E-state index in [2.05, 4.69) is 60.4 Å². The Morgan fingerprint density at radius 2 is 1.40 bits per heavy atom. The van der Waals surface area contributed by atoms with Gasteiger partial charge in [-0.05, 0) is 38.1 Å². The van der Waals surface area contributed by atoms with Gasteiger partial charge in [-0.3, -0.25) is 0 Å². The van der Waals surface area contributed by atoms with Crippen LogP contribution in [-0.2, 0) is 0 Å². The lowest BCUT2D eigenvalue weighted by Crippen LogP contribution is -2.50. The van der Waals surface area contributed by atoms with Crippen molar-refractivity contribution in [2.24, 2.45) is 10.8 Å². The van der Waals surface area contributed by atoms with E-state index in [0.717, 1.165) is 6.42 Å². The van der Waals surface area contributed by atoms with E-state index in [0.29, 0.717) is 0 Å². The first-order chi connectivity index (χ1) is 6.44. The van der Waals surface area contributed by atoms with Gasteiger partial charge in [-0.2, -0.15) is 0 Å². The lowest BCUT2D eigenvalue weighted by molar-refractivity contribution is 0.156. The van der Waals surface area contributed by atoms with Gasteiger partial charge in [0, 0.05) is 5.54 Å². The predicted molar refractivity (Wildman–Crippen MR) is 70.1 cm³/mol. The van der Waals surface area contributed by atoms with Crippen molar-refractivity contribution in [2.75, 3.05) is 7.05 Å². The van der Waals surface area contributed by atoms with Crippen LogP contribution in [0.5, 0.6) is 0 Å². The summed E-state index contributed by atoms with van der Waals surface area (Å²) in [4.78, 5) is 0. The molecule has 1 N–H and O–H groups in total. The first-order valence-corrected chi connectivity index (χ1v) is 5.81. The number of allylic oxidation sites excluding steroid dienone is 1. The Kier molecular flexibility index (Phi) is 4.20. The number of hydrogen-bond acceptors (Lipinski definition) is 1. The summed E-state index contributed by atoms with van der Waals surface area (Å²) in [5.74, 6) is 0. The Morgan fingerprint density at radius 3 is 1.67 bits per heavy atom. The van der Waals surface area contributed by atoms with Crippen molar-refractivity contribution < 1.29 is 0 Å². The molecule has 0 amide bonds. The van der Waals surface area contributed by atoms with Crippen LogP contribution in [0.2, 0.25) is 0 Å². The third-order valence-corrected chi connectivity index (χ3v) is 4.03. The van der Waals surface area contributed by atoms with Gasteiger partial charge in [0.2, 0.25) is 0 Å². The standard InChI is InChI=1S/C14H29N/c1-11(12(2,3)4)10-13(5,6)14(7,8)15-9/h15H,1,10H2,2-9H3. The molecule has 0 aromatic heterocycles. The minimum atomic E-state index is 0.126. The minimum absolute atomic E-state index is 0.126. The van der Waals surface area contributed by atoms with Crippen molar-refractivity contribution in [3.63, 3.8) is 0 Å². The Bertz CT molecular complexity index is 228. The fourth-order valence-corrected chi connectivity index (χ4v) is 1.36. The molecule has 0 aliphatic rings. The SMILES string of the molecule is C=C(CC(C)(C)C(C)(C)NC)C(C)(C)C. The Balaban J connectivity index is 4.73. The predicted octanol–water partition coefficient (Wildman–Crippen LogP) is 4.00. The van der Waals surface area contributed by atoms with Gasteiger partial charge in [0.15, 0.2) is 0 Å². The summed E-state index contributed by atoms with van der Waals surface area (Å²) >= 11 is 0. The Labute approximate surface area is 96.3 Å². The second-order valence-electron chi connectivity index (χ2n) is 6.79. The molecule has 0 fully saturated rings. The maximum Gasteiger partial charge on any atom is 0.0176 e. The zero-order valence-corrected chi connectivity index (χ0v) is 11.9. The number of hydrogen-bond donors (Lipinski definition) is 1. The zero-order chi connectivity index (χ0) is 12.5. The first-order valence-electron chi connectivity index (χ1n) is 5.81. The fourth-order valence-electron chi connectivity index (χ4n) is 1.36. The van der Waals surface area contributed by atoms with Gasteiger partial charge >= 0.3 is 0 Å². The maximum absolute atomic E-state index is 4.23. The van der Waals surface area contributed by atoms with Gasteiger partial charge in [-0.25, -0.2) is 0 Å². The van der Waals surface area contributed by atoms with Crippen molar-refractivity contribution in [1.29, 1.82) is 0 Å². The molecule has 0 atom stereocenters. The number of nitrogens with one attached hydrogen (secondary N) is 1. The van der Waals surface area contributed by atoms with E-state index in [9.17, 15) is 0 Å². The van der Waals surface area contributed by atoms with E-state index in [4.69, 9.17) is 0 Å². The number of rotatable bonds is 4. The molecule has 0 rings (SSSR count). The van der Waals surface area contributed by atoms with Crippen LogP contribution in [0.1, 0.15) is 54.9 Å². The van der Waals surface area contributed by atoms with Crippen LogP contribution in [0.3, 0.4) is 0 Å². The second kappa shape index (κ2) is 4.29. The van der Waals surface area contributed by atoms with E-state index in [1.165, 1.54) is 5.57 Å². The quantitative estimate of drug-likeness (QED) is 0.693. The zero-order valence-electron chi connectivity index (χ0n) is 11.9. The molecule has 0 unspecified atom stereocenters. The van der Waals surface area contributed by atoms with E-state index in [1.54, 1.807) is 0 Å². The topological polar surface area (TPSA) is 12.0 Å². The molecule has 0 aliphatic carbocycles. The molecule has 0 aliphatic heterocycles. The molecule has 0 radical (unpaired) electrons. The van der Waals surface area contributed by atoms with Crippen molar-refractivity contribution in [3.8, 4) is 0 Å². The molecular weight excluding hydrogens is 182 g/mol. The summed E-state index contributed by atoms with van der Waals surface area (Å²) in [5.41, 5.74) is 1.88. The largest absolute Gasteiger partial charge is 0.314 e. The average Bonchev–Trinajstić information content (AvgIpc) is 2.01. The molecule has 0 saturated heterocycles. The van der Waals surface area contributed by atoms with Crippen LogP contribution in [0.25, 0.3) is 0 Å². The highest BCUT2D eigenvalue weighted by Crippen LogP contribution is 2.40. The lowest BCUT2D eigenvalue weighted by Gasteiger charge is -2.43. The summed E-state index contributed by atoms with van der Waals surface area (Å²) in [6.07, 6.45) is 1.06. The van der Waals surface area contributed by atoms with Crippen LogP contribution in [-0.4, -0.2) is 12.6 Å².